The first-order chi connectivity index (χ1) is 9.11. The third kappa shape index (κ3) is 2.92. The van der Waals surface area contributed by atoms with Crippen molar-refractivity contribution in [3.8, 4) is 6.07 Å². The van der Waals surface area contributed by atoms with Gasteiger partial charge in [-0.2, -0.15) is 5.26 Å². The highest BCUT2D eigenvalue weighted by molar-refractivity contribution is 5.63. The van der Waals surface area contributed by atoms with Crippen LogP contribution in [0.2, 0.25) is 0 Å². The fourth-order valence-electron chi connectivity index (χ4n) is 2.20. The van der Waals surface area contributed by atoms with Gasteiger partial charge in [-0.05, 0) is 36.2 Å². The van der Waals surface area contributed by atoms with E-state index in [1.54, 1.807) is 12.1 Å². The second-order valence-corrected chi connectivity index (χ2v) is 4.57. The molecule has 0 aliphatic heterocycles. The highest BCUT2D eigenvalue weighted by atomic mass is 19.1. The summed E-state index contributed by atoms with van der Waals surface area (Å²) in [6.07, 6.45) is 0. The molecule has 96 valence electrons. The fourth-order valence-corrected chi connectivity index (χ4v) is 2.20. The third-order valence-corrected chi connectivity index (χ3v) is 3.07. The number of nitrogens with zero attached hydrogens (tertiary/aromatic N) is 2. The van der Waals surface area contributed by atoms with Crippen molar-refractivity contribution in [2.24, 2.45) is 0 Å². The maximum absolute atomic E-state index is 12.9. The monoisotopic (exact) mass is 254 g/mol. The molecule has 2 aromatic rings. The van der Waals surface area contributed by atoms with E-state index in [4.69, 9.17) is 5.26 Å². The number of hydrogen-bond acceptors (Lipinski definition) is 2. The Balaban J connectivity index is 2.28. The molecule has 3 heteroatoms. The zero-order valence-electron chi connectivity index (χ0n) is 11.0. The molecule has 19 heavy (non-hydrogen) atoms. The van der Waals surface area contributed by atoms with Gasteiger partial charge in [0.15, 0.2) is 0 Å². The van der Waals surface area contributed by atoms with Gasteiger partial charge in [-0.3, -0.25) is 0 Å². The lowest BCUT2D eigenvalue weighted by Gasteiger charge is -2.22. The number of nitriles is 1. The maximum atomic E-state index is 12.9. The molecule has 2 rings (SSSR count). The topological polar surface area (TPSA) is 27.0 Å². The zero-order chi connectivity index (χ0) is 13.8. The zero-order valence-corrected chi connectivity index (χ0v) is 11.0. The average molecular weight is 254 g/mol. The summed E-state index contributed by atoms with van der Waals surface area (Å²) in [7, 11) is 1.94. The van der Waals surface area contributed by atoms with Gasteiger partial charge in [-0.25, -0.2) is 4.39 Å². The SMILES string of the molecule is Cc1cccc(C#N)c1N(C)Cc1ccc(F)cc1. The van der Waals surface area contributed by atoms with Crippen LogP contribution in [0.15, 0.2) is 42.5 Å². The molecule has 0 N–H and O–H groups in total. The van der Waals surface area contributed by atoms with Crippen LogP contribution in [0.25, 0.3) is 0 Å². The smallest absolute Gasteiger partial charge is 0.123 e. The average Bonchev–Trinajstić information content (AvgIpc) is 2.40. The van der Waals surface area contributed by atoms with E-state index < -0.39 is 0 Å². The van der Waals surface area contributed by atoms with E-state index >= 15 is 0 Å². The Kier molecular flexibility index (Phi) is 3.82. The first-order valence-electron chi connectivity index (χ1n) is 6.07. The highest BCUT2D eigenvalue weighted by Gasteiger charge is 2.10. The molecule has 2 nitrogen and oxygen atoms in total. The quantitative estimate of drug-likeness (QED) is 0.836. The Hall–Kier alpha value is -2.34. The maximum Gasteiger partial charge on any atom is 0.123 e. The molecule has 0 bridgehead atoms. The van der Waals surface area contributed by atoms with Crippen LogP contribution < -0.4 is 4.90 Å². The van der Waals surface area contributed by atoms with Gasteiger partial charge in [0.25, 0.3) is 0 Å². The molecule has 0 spiro atoms. The Morgan fingerprint density at radius 1 is 1.16 bits per heavy atom. The van der Waals surface area contributed by atoms with Crippen molar-refractivity contribution >= 4 is 5.69 Å². The molecule has 0 radical (unpaired) electrons. The van der Waals surface area contributed by atoms with Gasteiger partial charge in [-0.15, -0.1) is 0 Å². The number of hydrogen-bond donors (Lipinski definition) is 0. The van der Waals surface area contributed by atoms with E-state index in [9.17, 15) is 4.39 Å². The molecule has 0 atom stereocenters. The number of rotatable bonds is 3. The summed E-state index contributed by atoms with van der Waals surface area (Å²) in [4.78, 5) is 2.02. The first kappa shape index (κ1) is 13.1. The van der Waals surface area contributed by atoms with E-state index in [1.807, 2.05) is 37.1 Å². The second kappa shape index (κ2) is 5.53. The van der Waals surface area contributed by atoms with Crippen LogP contribution in [0.5, 0.6) is 0 Å². The van der Waals surface area contributed by atoms with Gasteiger partial charge in [0.05, 0.1) is 11.3 Å². The molecule has 2 aromatic carbocycles. The van der Waals surface area contributed by atoms with Crippen molar-refractivity contribution in [3.05, 3.63) is 65.0 Å². The van der Waals surface area contributed by atoms with E-state index in [2.05, 4.69) is 6.07 Å². The Bertz CT molecular complexity index is 612. The van der Waals surface area contributed by atoms with Crippen LogP contribution in [-0.2, 0) is 6.54 Å². The summed E-state index contributed by atoms with van der Waals surface area (Å²) in [5.41, 5.74) is 3.65. The van der Waals surface area contributed by atoms with Crippen LogP contribution in [0.4, 0.5) is 10.1 Å². The molecule has 0 saturated heterocycles. The molecular weight excluding hydrogens is 239 g/mol. The van der Waals surface area contributed by atoms with Crippen molar-refractivity contribution in [1.29, 1.82) is 5.26 Å². The number of benzene rings is 2. The van der Waals surface area contributed by atoms with Gasteiger partial charge in [-0.1, -0.05) is 24.3 Å². The number of halogens is 1. The lowest BCUT2D eigenvalue weighted by molar-refractivity contribution is 0.627. The van der Waals surface area contributed by atoms with Gasteiger partial charge < -0.3 is 4.90 Å². The van der Waals surface area contributed by atoms with Crippen molar-refractivity contribution in [1.82, 2.24) is 0 Å². The molecule has 0 fully saturated rings. The predicted molar refractivity (Wildman–Crippen MR) is 74.4 cm³/mol. The van der Waals surface area contributed by atoms with Crippen molar-refractivity contribution < 1.29 is 4.39 Å². The number of aryl methyl sites for hydroxylation is 1. The van der Waals surface area contributed by atoms with Crippen molar-refractivity contribution in [2.75, 3.05) is 11.9 Å². The summed E-state index contributed by atoms with van der Waals surface area (Å²) in [6, 6.07) is 14.3. The van der Waals surface area contributed by atoms with E-state index in [-0.39, 0.29) is 5.82 Å². The van der Waals surface area contributed by atoms with Crippen LogP contribution in [-0.4, -0.2) is 7.05 Å². The molecular formula is C16H15FN2. The lowest BCUT2D eigenvalue weighted by Crippen LogP contribution is -2.18. The summed E-state index contributed by atoms with van der Waals surface area (Å²) in [5.74, 6) is -0.236. The third-order valence-electron chi connectivity index (χ3n) is 3.07. The van der Waals surface area contributed by atoms with Gasteiger partial charge >= 0.3 is 0 Å². The number of anilines is 1. The van der Waals surface area contributed by atoms with E-state index in [1.165, 1.54) is 12.1 Å². The minimum absolute atomic E-state index is 0.236. The lowest BCUT2D eigenvalue weighted by atomic mass is 10.1. The Morgan fingerprint density at radius 2 is 1.84 bits per heavy atom. The standard InChI is InChI=1S/C16H15FN2/c1-12-4-3-5-14(10-18)16(12)19(2)11-13-6-8-15(17)9-7-13/h3-9H,11H2,1-2H3. The highest BCUT2D eigenvalue weighted by Crippen LogP contribution is 2.24. The van der Waals surface area contributed by atoms with Gasteiger partial charge in [0.2, 0.25) is 0 Å². The normalized spacial score (nSPS) is 10.0. The molecule has 0 saturated carbocycles. The minimum atomic E-state index is -0.236. The van der Waals surface area contributed by atoms with Crippen molar-refractivity contribution in [3.63, 3.8) is 0 Å². The van der Waals surface area contributed by atoms with Gasteiger partial charge in [0, 0.05) is 13.6 Å². The largest absolute Gasteiger partial charge is 0.369 e. The predicted octanol–water partition coefficient (Wildman–Crippen LogP) is 3.64. The Labute approximate surface area is 112 Å². The van der Waals surface area contributed by atoms with E-state index in [0.717, 1.165) is 16.8 Å². The molecule has 0 aromatic heterocycles. The van der Waals surface area contributed by atoms with Crippen LogP contribution in [0.1, 0.15) is 16.7 Å². The minimum Gasteiger partial charge on any atom is -0.369 e. The number of para-hydroxylation sites is 1. The fraction of sp³-hybridized carbons (Fsp3) is 0.188. The van der Waals surface area contributed by atoms with Crippen LogP contribution in [0, 0.1) is 24.1 Å². The van der Waals surface area contributed by atoms with E-state index in [0.29, 0.717) is 12.1 Å². The molecule has 0 amide bonds. The Morgan fingerprint density at radius 3 is 2.47 bits per heavy atom. The van der Waals surface area contributed by atoms with Crippen molar-refractivity contribution in [2.45, 2.75) is 13.5 Å². The van der Waals surface area contributed by atoms with Gasteiger partial charge in [0.1, 0.15) is 11.9 Å². The summed E-state index contributed by atoms with van der Waals surface area (Å²) in [6.45, 7) is 2.62. The van der Waals surface area contributed by atoms with Crippen LogP contribution in [0.3, 0.4) is 0 Å². The summed E-state index contributed by atoms with van der Waals surface area (Å²) >= 11 is 0. The molecule has 0 unspecified atom stereocenters. The molecule has 0 aliphatic carbocycles. The molecule has 0 heterocycles. The molecule has 0 aliphatic rings. The van der Waals surface area contributed by atoms with Crippen LogP contribution >= 0.6 is 0 Å². The second-order valence-electron chi connectivity index (χ2n) is 4.57. The summed E-state index contributed by atoms with van der Waals surface area (Å²) < 4.78 is 12.9. The summed E-state index contributed by atoms with van der Waals surface area (Å²) in [5, 5.41) is 9.17. The first-order valence-corrected chi connectivity index (χ1v) is 6.07.